The van der Waals surface area contributed by atoms with Crippen molar-refractivity contribution in [2.75, 3.05) is 0 Å². The number of hydrogen-bond acceptors (Lipinski definition) is 0. The number of allylic oxidation sites excluding steroid dienone is 9. The van der Waals surface area contributed by atoms with E-state index in [0.717, 1.165) is 39.4 Å². The Morgan fingerprint density at radius 3 is 2.56 bits per heavy atom. The predicted octanol–water partition coefficient (Wildman–Crippen LogP) is 7.69. The average Bonchev–Trinajstić information content (AvgIpc) is 2.86. The molecule has 27 heavy (non-hydrogen) atoms. The lowest BCUT2D eigenvalue weighted by atomic mass is 9.58. The fourth-order valence-electron chi connectivity index (χ4n) is 7.04. The minimum Gasteiger partial charge on any atom is -0.0991 e. The summed E-state index contributed by atoms with van der Waals surface area (Å²) >= 11 is 2.71. The van der Waals surface area contributed by atoms with Gasteiger partial charge in [-0.25, -0.2) is 0 Å². The molecule has 4 aliphatic carbocycles. The first-order valence-corrected chi connectivity index (χ1v) is 12.2. The van der Waals surface area contributed by atoms with Gasteiger partial charge in [0.2, 0.25) is 0 Å². The molecule has 4 rings (SSSR count). The highest BCUT2D eigenvalue weighted by Crippen LogP contribution is 2.59. The second-order valence-electron chi connectivity index (χ2n) is 9.88. The van der Waals surface area contributed by atoms with E-state index in [1.54, 1.807) is 11.1 Å². The fourth-order valence-corrected chi connectivity index (χ4v) is 8.12. The van der Waals surface area contributed by atoms with Crippen LogP contribution < -0.4 is 0 Å². The van der Waals surface area contributed by atoms with E-state index in [2.05, 4.69) is 86.4 Å². The normalized spacial score (nSPS) is 43.0. The first kappa shape index (κ1) is 19.7. The van der Waals surface area contributed by atoms with Crippen LogP contribution in [-0.4, -0.2) is 3.92 Å². The van der Waals surface area contributed by atoms with E-state index < -0.39 is 0 Å². The molecule has 0 nitrogen and oxygen atoms in total. The molecule has 0 radical (unpaired) electrons. The van der Waals surface area contributed by atoms with E-state index in [4.69, 9.17) is 0 Å². The highest BCUT2D eigenvalue weighted by molar-refractivity contribution is 14.1. The van der Waals surface area contributed by atoms with Crippen molar-refractivity contribution in [3.8, 4) is 0 Å². The predicted molar refractivity (Wildman–Crippen MR) is 126 cm³/mol. The number of hydrogen-bond donors (Lipinski definition) is 0. The SMILES string of the molecule is C=C/C=C\C1=C(C)[C@H]2CCC(C3CCC(I)C4C=CC=CC43)CC2C1(C)C. The lowest BCUT2D eigenvalue weighted by Gasteiger charge is -2.48. The molecule has 6 unspecified atom stereocenters. The standard InChI is InChI=1S/C26H35I/c1-5-6-11-23-17(2)19-13-12-18(16-24(19)26(23,3)4)20-14-15-25(27)22-10-8-7-9-21(20)22/h5-11,18-22,24-25H,1,12-16H2,2-4H3/b11-6-/t18?,19-,20?,21?,22?,24?,25?/m1/s1. The molecule has 0 aromatic rings. The summed E-state index contributed by atoms with van der Waals surface area (Å²) in [5, 5.41) is 0. The molecule has 0 heterocycles. The zero-order chi connectivity index (χ0) is 19.2. The molecule has 0 aromatic carbocycles. The van der Waals surface area contributed by atoms with Crippen molar-refractivity contribution >= 4 is 22.6 Å². The first-order valence-electron chi connectivity index (χ1n) is 10.9. The van der Waals surface area contributed by atoms with Crippen molar-refractivity contribution in [3.05, 3.63) is 60.3 Å². The Kier molecular flexibility index (Phi) is 5.62. The third kappa shape index (κ3) is 3.36. The molecule has 7 atom stereocenters. The van der Waals surface area contributed by atoms with Gasteiger partial charge in [-0.1, -0.05) is 91.1 Å². The van der Waals surface area contributed by atoms with Gasteiger partial charge in [-0.3, -0.25) is 0 Å². The summed E-state index contributed by atoms with van der Waals surface area (Å²) in [7, 11) is 0. The Labute approximate surface area is 180 Å². The molecular formula is C26H35I. The smallest absolute Gasteiger partial charge is 0.0178 e. The minimum atomic E-state index is 0.301. The second kappa shape index (κ2) is 7.69. The van der Waals surface area contributed by atoms with Crippen LogP contribution in [0.3, 0.4) is 0 Å². The summed E-state index contributed by atoms with van der Waals surface area (Å²) < 4.78 is 0.823. The zero-order valence-electron chi connectivity index (χ0n) is 17.2. The minimum absolute atomic E-state index is 0.301. The van der Waals surface area contributed by atoms with Crippen molar-refractivity contribution in [1.82, 2.24) is 0 Å². The summed E-state index contributed by atoms with van der Waals surface area (Å²) in [6.45, 7) is 11.3. The van der Waals surface area contributed by atoms with Crippen LogP contribution in [0.4, 0.5) is 0 Å². The van der Waals surface area contributed by atoms with Gasteiger partial charge >= 0.3 is 0 Å². The molecule has 0 bridgehead atoms. The monoisotopic (exact) mass is 474 g/mol. The third-order valence-corrected chi connectivity index (χ3v) is 9.86. The van der Waals surface area contributed by atoms with Crippen LogP contribution in [0.25, 0.3) is 0 Å². The zero-order valence-corrected chi connectivity index (χ0v) is 19.4. The van der Waals surface area contributed by atoms with Gasteiger partial charge in [-0.15, -0.1) is 0 Å². The van der Waals surface area contributed by atoms with Crippen molar-refractivity contribution < 1.29 is 0 Å². The van der Waals surface area contributed by atoms with Crippen LogP contribution in [0.2, 0.25) is 0 Å². The number of rotatable bonds is 3. The lowest BCUT2D eigenvalue weighted by molar-refractivity contribution is 0.0641. The number of halogens is 1. The van der Waals surface area contributed by atoms with E-state index in [1.165, 1.54) is 32.1 Å². The van der Waals surface area contributed by atoms with Crippen molar-refractivity contribution in [1.29, 1.82) is 0 Å². The summed E-state index contributed by atoms with van der Waals surface area (Å²) in [5.41, 5.74) is 3.55. The van der Waals surface area contributed by atoms with Crippen molar-refractivity contribution in [3.63, 3.8) is 0 Å². The lowest BCUT2D eigenvalue weighted by Crippen LogP contribution is -2.41. The Morgan fingerprint density at radius 2 is 1.81 bits per heavy atom. The number of fused-ring (bicyclic) bond motifs is 2. The van der Waals surface area contributed by atoms with Gasteiger partial charge in [-0.05, 0) is 85.5 Å². The molecule has 1 heteroatoms. The van der Waals surface area contributed by atoms with E-state index in [0.29, 0.717) is 5.41 Å². The molecule has 0 aliphatic heterocycles. The molecule has 0 spiro atoms. The quantitative estimate of drug-likeness (QED) is 0.224. The Balaban J connectivity index is 1.55. The van der Waals surface area contributed by atoms with Gasteiger partial charge < -0.3 is 0 Å². The summed E-state index contributed by atoms with van der Waals surface area (Å²) in [6, 6.07) is 0. The molecule has 2 saturated carbocycles. The van der Waals surface area contributed by atoms with Crippen LogP contribution in [0.5, 0.6) is 0 Å². The largest absolute Gasteiger partial charge is 0.0991 e. The number of alkyl halides is 1. The van der Waals surface area contributed by atoms with Gasteiger partial charge in [-0.2, -0.15) is 0 Å². The highest BCUT2D eigenvalue weighted by atomic mass is 127. The van der Waals surface area contributed by atoms with Crippen molar-refractivity contribution in [2.24, 2.45) is 40.9 Å². The van der Waals surface area contributed by atoms with Gasteiger partial charge in [0.05, 0.1) is 0 Å². The van der Waals surface area contributed by atoms with Gasteiger partial charge in [0, 0.05) is 3.92 Å². The second-order valence-corrected chi connectivity index (χ2v) is 11.5. The highest BCUT2D eigenvalue weighted by Gasteiger charge is 2.50. The van der Waals surface area contributed by atoms with Crippen LogP contribution >= 0.6 is 22.6 Å². The maximum Gasteiger partial charge on any atom is 0.0178 e. The molecule has 2 fully saturated rings. The van der Waals surface area contributed by atoms with E-state index in [-0.39, 0.29) is 0 Å². The molecule has 0 saturated heterocycles. The summed E-state index contributed by atoms with van der Waals surface area (Å²) in [6.07, 6.45) is 23.2. The Hall–Kier alpha value is -0.570. The summed E-state index contributed by atoms with van der Waals surface area (Å²) in [4.78, 5) is 0. The maximum absolute atomic E-state index is 3.88. The summed E-state index contributed by atoms with van der Waals surface area (Å²) in [5.74, 6) is 4.99. The van der Waals surface area contributed by atoms with Crippen LogP contribution in [0.1, 0.15) is 52.9 Å². The Bertz CT molecular complexity index is 704. The Morgan fingerprint density at radius 1 is 1.07 bits per heavy atom. The molecule has 146 valence electrons. The van der Waals surface area contributed by atoms with Crippen LogP contribution in [0.15, 0.2) is 60.3 Å². The third-order valence-electron chi connectivity index (χ3n) is 8.41. The molecule has 0 aromatic heterocycles. The van der Waals surface area contributed by atoms with E-state index in [1.807, 2.05) is 6.08 Å². The molecule has 4 aliphatic rings. The first-order chi connectivity index (χ1) is 12.9. The van der Waals surface area contributed by atoms with Gasteiger partial charge in [0.1, 0.15) is 0 Å². The maximum atomic E-state index is 3.88. The van der Waals surface area contributed by atoms with Gasteiger partial charge in [0.15, 0.2) is 0 Å². The van der Waals surface area contributed by atoms with E-state index in [9.17, 15) is 0 Å². The molecule has 0 amide bonds. The average molecular weight is 474 g/mol. The van der Waals surface area contributed by atoms with Crippen LogP contribution in [0, 0.1) is 40.9 Å². The fraction of sp³-hybridized carbons (Fsp3) is 0.615. The van der Waals surface area contributed by atoms with Crippen LogP contribution in [-0.2, 0) is 0 Å². The van der Waals surface area contributed by atoms with E-state index >= 15 is 0 Å². The molecule has 0 N–H and O–H groups in total. The van der Waals surface area contributed by atoms with Gasteiger partial charge in [0.25, 0.3) is 0 Å². The van der Waals surface area contributed by atoms with Crippen molar-refractivity contribution in [2.45, 2.75) is 56.8 Å². The topological polar surface area (TPSA) is 0 Å². The molecular weight excluding hydrogens is 439 g/mol.